The molecule has 5 nitrogen and oxygen atoms in total. The van der Waals surface area contributed by atoms with Crippen LogP contribution in [0.25, 0.3) is 0 Å². The van der Waals surface area contributed by atoms with E-state index in [1.165, 1.54) is 13.8 Å². The van der Waals surface area contributed by atoms with E-state index in [1.807, 2.05) is 0 Å². The number of hydrogen-bond donors (Lipinski definition) is 2. The maximum Gasteiger partial charge on any atom is 0.431 e. The number of nitrogens with zero attached hydrogens (tertiary/aromatic N) is 1. The summed E-state index contributed by atoms with van der Waals surface area (Å²) in [6.07, 6.45) is -6.26. The highest BCUT2D eigenvalue weighted by Crippen LogP contribution is 2.19. The van der Waals surface area contributed by atoms with Gasteiger partial charge in [0.1, 0.15) is 0 Å². The third-order valence-corrected chi connectivity index (χ3v) is 1.40. The molecule has 0 fully saturated rings. The van der Waals surface area contributed by atoms with Crippen molar-refractivity contribution in [2.45, 2.75) is 32.5 Å². The van der Waals surface area contributed by atoms with E-state index in [0.717, 1.165) is 0 Å². The predicted octanol–water partition coefficient (Wildman–Crippen LogP) is 1.08. The minimum absolute atomic E-state index is 0.427. The Morgan fingerprint density at radius 2 is 2.06 bits per heavy atom. The van der Waals surface area contributed by atoms with Gasteiger partial charge < -0.3 is 10.5 Å². The topological polar surface area (TPSA) is 76.7 Å². The first-order chi connectivity index (χ1) is 7.62. The van der Waals surface area contributed by atoms with E-state index in [9.17, 15) is 18.0 Å². The predicted molar refractivity (Wildman–Crippen MR) is 59.3 cm³/mol. The van der Waals surface area contributed by atoms with Crippen LogP contribution in [0, 0.1) is 0 Å². The molecule has 0 saturated carbocycles. The molecule has 0 aromatic carbocycles. The fraction of sp³-hybridized carbons (Fsp3) is 0.625. The first kappa shape index (κ1) is 15.6. The van der Waals surface area contributed by atoms with Crippen molar-refractivity contribution >= 4 is 29.0 Å². The molecular weight excluding hydrogens is 259 g/mol. The van der Waals surface area contributed by atoms with Gasteiger partial charge in [0.15, 0.2) is 10.8 Å². The van der Waals surface area contributed by atoms with Crippen LogP contribution in [0.5, 0.6) is 0 Å². The zero-order chi connectivity index (χ0) is 13.6. The molecule has 17 heavy (non-hydrogen) atoms. The summed E-state index contributed by atoms with van der Waals surface area (Å²) in [4.78, 5) is 11.1. The summed E-state index contributed by atoms with van der Waals surface area (Å²) in [5.41, 5.74) is 5.35. The van der Waals surface area contributed by atoms with Crippen molar-refractivity contribution in [1.29, 1.82) is 0 Å². The van der Waals surface area contributed by atoms with Gasteiger partial charge in [-0.05, 0) is 26.1 Å². The van der Waals surface area contributed by atoms with Gasteiger partial charge in [0.25, 0.3) is 0 Å². The molecule has 0 rings (SSSR count). The lowest BCUT2D eigenvalue weighted by molar-refractivity contribution is -0.146. The summed E-state index contributed by atoms with van der Waals surface area (Å²) < 4.78 is 41.8. The standard InChI is InChI=1S/C8H12F3N3O2S/c1-4(2)16-6(15)3-5(8(9,10)11)13-14-7(12)17/h4H,3H2,1-2H3,(H3,12,14,17)/b13-5-. The molecule has 0 atom stereocenters. The number of esters is 1. The fourth-order valence-corrected chi connectivity index (χ4v) is 0.813. The Kier molecular flexibility index (Phi) is 5.86. The molecule has 0 aliphatic rings. The molecule has 0 unspecified atom stereocenters. The van der Waals surface area contributed by atoms with Gasteiger partial charge in [-0.25, -0.2) is 0 Å². The molecule has 0 saturated heterocycles. The van der Waals surface area contributed by atoms with Gasteiger partial charge in [-0.1, -0.05) is 0 Å². The van der Waals surface area contributed by atoms with Crippen molar-refractivity contribution in [2.75, 3.05) is 0 Å². The number of carbonyl (C=O) groups is 1. The third kappa shape index (κ3) is 7.50. The number of nitrogens with one attached hydrogen (secondary N) is 1. The second kappa shape index (κ2) is 6.38. The quantitative estimate of drug-likeness (QED) is 0.346. The minimum atomic E-state index is -4.76. The summed E-state index contributed by atoms with van der Waals surface area (Å²) in [5, 5.41) is 2.49. The van der Waals surface area contributed by atoms with Crippen LogP contribution in [0.1, 0.15) is 20.3 Å². The summed E-state index contributed by atoms with van der Waals surface area (Å²) in [6, 6.07) is 0. The average Bonchev–Trinajstić information content (AvgIpc) is 2.08. The van der Waals surface area contributed by atoms with E-state index >= 15 is 0 Å². The monoisotopic (exact) mass is 271 g/mol. The maximum absolute atomic E-state index is 12.4. The van der Waals surface area contributed by atoms with Crippen molar-refractivity contribution in [3.63, 3.8) is 0 Å². The van der Waals surface area contributed by atoms with Crippen molar-refractivity contribution < 1.29 is 22.7 Å². The average molecular weight is 271 g/mol. The van der Waals surface area contributed by atoms with Crippen LogP contribution in [0.3, 0.4) is 0 Å². The lowest BCUT2D eigenvalue weighted by atomic mass is 10.2. The molecule has 0 aromatic rings. The van der Waals surface area contributed by atoms with Crippen LogP contribution in [0.15, 0.2) is 5.10 Å². The number of rotatable bonds is 4. The van der Waals surface area contributed by atoms with Crippen LogP contribution in [-0.4, -0.2) is 29.1 Å². The molecule has 98 valence electrons. The van der Waals surface area contributed by atoms with Gasteiger partial charge in [-0.3, -0.25) is 10.2 Å². The normalized spacial score (nSPS) is 12.5. The number of hydrogen-bond acceptors (Lipinski definition) is 4. The molecule has 0 spiro atoms. The Morgan fingerprint density at radius 1 is 1.53 bits per heavy atom. The number of halogens is 3. The van der Waals surface area contributed by atoms with Gasteiger partial charge in [0.05, 0.1) is 12.5 Å². The molecule has 0 heterocycles. The van der Waals surface area contributed by atoms with Crippen LogP contribution in [0.4, 0.5) is 13.2 Å². The number of carbonyl (C=O) groups excluding carboxylic acids is 1. The van der Waals surface area contributed by atoms with Crippen LogP contribution in [-0.2, 0) is 9.53 Å². The molecule has 0 bridgehead atoms. The largest absolute Gasteiger partial charge is 0.463 e. The number of ether oxygens (including phenoxy) is 1. The van der Waals surface area contributed by atoms with Gasteiger partial charge in [0.2, 0.25) is 0 Å². The van der Waals surface area contributed by atoms with Crippen LogP contribution < -0.4 is 11.2 Å². The number of nitrogens with two attached hydrogens (primary N) is 1. The maximum atomic E-state index is 12.4. The highest BCUT2D eigenvalue weighted by molar-refractivity contribution is 7.80. The Labute approximate surface area is 101 Å². The minimum Gasteiger partial charge on any atom is -0.463 e. The second-order valence-corrected chi connectivity index (χ2v) is 3.69. The first-order valence-electron chi connectivity index (χ1n) is 4.51. The van der Waals surface area contributed by atoms with E-state index in [0.29, 0.717) is 0 Å². The Balaban J connectivity index is 4.67. The SMILES string of the molecule is CC(C)OC(=O)C/C(=N/NC(N)=S)C(F)(F)F. The van der Waals surface area contributed by atoms with Crippen LogP contribution >= 0.6 is 12.2 Å². The van der Waals surface area contributed by atoms with Crippen molar-refractivity contribution in [3.8, 4) is 0 Å². The Bertz CT molecular complexity index is 328. The highest BCUT2D eigenvalue weighted by Gasteiger charge is 2.37. The summed E-state index contributed by atoms with van der Waals surface area (Å²) in [7, 11) is 0. The number of thiocarbonyl (C=S) groups is 1. The highest BCUT2D eigenvalue weighted by atomic mass is 32.1. The van der Waals surface area contributed by atoms with Crippen molar-refractivity contribution in [2.24, 2.45) is 10.8 Å². The van der Waals surface area contributed by atoms with Gasteiger partial charge in [-0.15, -0.1) is 0 Å². The van der Waals surface area contributed by atoms with Gasteiger partial charge in [0, 0.05) is 0 Å². The molecular formula is C8H12F3N3O2S. The molecule has 0 amide bonds. The van der Waals surface area contributed by atoms with E-state index in [4.69, 9.17) is 5.73 Å². The lowest BCUT2D eigenvalue weighted by Crippen LogP contribution is -2.32. The molecule has 3 N–H and O–H groups in total. The third-order valence-electron chi connectivity index (χ3n) is 1.31. The van der Waals surface area contributed by atoms with E-state index < -0.39 is 35.5 Å². The fourth-order valence-electron chi connectivity index (χ4n) is 0.767. The molecule has 0 radical (unpaired) electrons. The molecule has 0 aromatic heterocycles. The van der Waals surface area contributed by atoms with Crippen molar-refractivity contribution in [1.82, 2.24) is 5.43 Å². The van der Waals surface area contributed by atoms with Crippen molar-refractivity contribution in [3.05, 3.63) is 0 Å². The summed E-state index contributed by atoms with van der Waals surface area (Å²) >= 11 is 4.30. The van der Waals surface area contributed by atoms with E-state index in [1.54, 1.807) is 5.43 Å². The van der Waals surface area contributed by atoms with E-state index in [2.05, 4.69) is 22.1 Å². The van der Waals surface area contributed by atoms with Gasteiger partial charge >= 0.3 is 12.1 Å². The Hall–Kier alpha value is -1.38. The zero-order valence-electron chi connectivity index (χ0n) is 9.17. The smallest absolute Gasteiger partial charge is 0.431 e. The second-order valence-electron chi connectivity index (χ2n) is 3.25. The van der Waals surface area contributed by atoms with E-state index in [-0.39, 0.29) is 0 Å². The molecule has 0 aliphatic heterocycles. The first-order valence-corrected chi connectivity index (χ1v) is 4.92. The lowest BCUT2D eigenvalue weighted by Gasteiger charge is -2.12. The molecule has 0 aliphatic carbocycles. The molecule has 9 heteroatoms. The van der Waals surface area contributed by atoms with Crippen LogP contribution in [0.2, 0.25) is 0 Å². The zero-order valence-corrected chi connectivity index (χ0v) is 9.98. The summed E-state index contributed by atoms with van der Waals surface area (Å²) in [6.45, 7) is 3.05. The van der Waals surface area contributed by atoms with Gasteiger partial charge in [-0.2, -0.15) is 18.3 Å². The number of alkyl halides is 3. The summed E-state index contributed by atoms with van der Waals surface area (Å²) in [5.74, 6) is -1.03. The Morgan fingerprint density at radius 3 is 2.41 bits per heavy atom. The number of hydrazone groups is 1.